The SMILES string of the molecule is CCn1nc(C(=O)N2CCCCCC2)c2c1CCC(O)C2. The van der Waals surface area contributed by atoms with Crippen LogP contribution in [0.4, 0.5) is 0 Å². The van der Waals surface area contributed by atoms with Crippen LogP contribution in [0.1, 0.15) is 60.8 Å². The molecule has 2 heterocycles. The smallest absolute Gasteiger partial charge is 0.274 e. The van der Waals surface area contributed by atoms with Gasteiger partial charge in [0.25, 0.3) is 5.91 Å². The van der Waals surface area contributed by atoms with Gasteiger partial charge in [-0.2, -0.15) is 5.10 Å². The van der Waals surface area contributed by atoms with Crippen LogP contribution in [0, 0.1) is 0 Å². The quantitative estimate of drug-likeness (QED) is 0.903. The lowest BCUT2D eigenvalue weighted by molar-refractivity contribution is 0.0752. The Morgan fingerprint density at radius 3 is 2.67 bits per heavy atom. The molecule has 1 aromatic rings. The molecule has 116 valence electrons. The van der Waals surface area contributed by atoms with E-state index in [1.807, 2.05) is 9.58 Å². The predicted octanol–water partition coefficient (Wildman–Crippen LogP) is 1.77. The average Bonchev–Trinajstić information content (AvgIpc) is 2.67. The fourth-order valence-electron chi connectivity index (χ4n) is 3.53. The summed E-state index contributed by atoms with van der Waals surface area (Å²) < 4.78 is 1.95. The number of aliphatic hydroxyl groups excluding tert-OH is 1. The van der Waals surface area contributed by atoms with Crippen LogP contribution in [-0.2, 0) is 19.4 Å². The highest BCUT2D eigenvalue weighted by molar-refractivity contribution is 5.94. The fourth-order valence-corrected chi connectivity index (χ4v) is 3.53. The van der Waals surface area contributed by atoms with E-state index in [0.717, 1.165) is 56.6 Å². The van der Waals surface area contributed by atoms with E-state index in [1.165, 1.54) is 12.8 Å². The van der Waals surface area contributed by atoms with Crippen LogP contribution in [0.3, 0.4) is 0 Å². The number of carbonyl (C=O) groups excluding carboxylic acids is 1. The van der Waals surface area contributed by atoms with E-state index in [-0.39, 0.29) is 12.0 Å². The maximum Gasteiger partial charge on any atom is 0.274 e. The van der Waals surface area contributed by atoms with Gasteiger partial charge < -0.3 is 10.0 Å². The second kappa shape index (κ2) is 6.18. The minimum atomic E-state index is -0.331. The minimum Gasteiger partial charge on any atom is -0.393 e. The van der Waals surface area contributed by atoms with Crippen LogP contribution in [0.5, 0.6) is 0 Å². The van der Waals surface area contributed by atoms with Crippen molar-refractivity contribution >= 4 is 5.91 Å². The van der Waals surface area contributed by atoms with Gasteiger partial charge in [0.05, 0.1) is 6.10 Å². The highest BCUT2D eigenvalue weighted by Crippen LogP contribution is 2.26. The standard InChI is InChI=1S/C16H25N3O2/c1-2-19-14-8-7-12(20)11-13(14)15(17-19)16(21)18-9-5-3-4-6-10-18/h12,20H,2-11H2,1H3. The van der Waals surface area contributed by atoms with E-state index >= 15 is 0 Å². The summed E-state index contributed by atoms with van der Waals surface area (Å²) in [5, 5.41) is 14.5. The van der Waals surface area contributed by atoms with Crippen molar-refractivity contribution in [3.8, 4) is 0 Å². The molecule has 1 saturated heterocycles. The molecule has 0 spiro atoms. The van der Waals surface area contributed by atoms with E-state index in [4.69, 9.17) is 0 Å². The third-order valence-corrected chi connectivity index (χ3v) is 4.72. The molecule has 0 bridgehead atoms. The fraction of sp³-hybridized carbons (Fsp3) is 0.750. The molecule has 0 radical (unpaired) electrons. The molecule has 1 aromatic heterocycles. The summed E-state index contributed by atoms with van der Waals surface area (Å²) in [5.74, 6) is 0.0643. The van der Waals surface area contributed by atoms with Gasteiger partial charge >= 0.3 is 0 Å². The van der Waals surface area contributed by atoms with Gasteiger partial charge in [0.1, 0.15) is 0 Å². The first-order chi connectivity index (χ1) is 10.2. The van der Waals surface area contributed by atoms with Crippen LogP contribution in [0.2, 0.25) is 0 Å². The second-order valence-corrected chi connectivity index (χ2v) is 6.19. The Kier molecular flexibility index (Phi) is 4.29. The lowest BCUT2D eigenvalue weighted by atomic mass is 9.93. The third-order valence-electron chi connectivity index (χ3n) is 4.72. The molecule has 1 atom stereocenters. The molecular formula is C16H25N3O2. The van der Waals surface area contributed by atoms with Gasteiger partial charge in [-0.1, -0.05) is 12.8 Å². The van der Waals surface area contributed by atoms with Crippen molar-refractivity contribution in [3.63, 3.8) is 0 Å². The number of nitrogens with zero attached hydrogens (tertiary/aromatic N) is 3. The molecule has 5 nitrogen and oxygen atoms in total. The lowest BCUT2D eigenvalue weighted by Crippen LogP contribution is -2.33. The molecule has 3 rings (SSSR count). The number of aromatic nitrogens is 2. The first-order valence-corrected chi connectivity index (χ1v) is 8.26. The Hall–Kier alpha value is -1.36. The third kappa shape index (κ3) is 2.84. The number of hydrogen-bond donors (Lipinski definition) is 1. The van der Waals surface area contributed by atoms with Crippen molar-refractivity contribution in [2.75, 3.05) is 13.1 Å². The van der Waals surface area contributed by atoms with Crippen LogP contribution in [-0.4, -0.2) is 44.9 Å². The van der Waals surface area contributed by atoms with E-state index < -0.39 is 0 Å². The van der Waals surface area contributed by atoms with E-state index in [1.54, 1.807) is 0 Å². The molecule has 0 aromatic carbocycles. The minimum absolute atomic E-state index is 0.0643. The molecule has 1 aliphatic heterocycles. The van der Waals surface area contributed by atoms with Crippen molar-refractivity contribution in [2.24, 2.45) is 0 Å². The van der Waals surface area contributed by atoms with Crippen LogP contribution < -0.4 is 0 Å². The van der Waals surface area contributed by atoms with Crippen LogP contribution in [0.15, 0.2) is 0 Å². The zero-order valence-corrected chi connectivity index (χ0v) is 12.8. The normalized spacial score (nSPS) is 22.8. The first kappa shape index (κ1) is 14.6. The second-order valence-electron chi connectivity index (χ2n) is 6.19. The number of carbonyl (C=O) groups is 1. The number of aliphatic hydroxyl groups is 1. The zero-order chi connectivity index (χ0) is 14.8. The maximum absolute atomic E-state index is 12.8. The molecule has 1 aliphatic carbocycles. The topological polar surface area (TPSA) is 58.4 Å². The first-order valence-electron chi connectivity index (χ1n) is 8.26. The summed E-state index contributed by atoms with van der Waals surface area (Å²) in [6.07, 6.45) is 6.44. The van der Waals surface area contributed by atoms with Crippen molar-refractivity contribution in [3.05, 3.63) is 17.0 Å². The number of fused-ring (bicyclic) bond motifs is 1. The van der Waals surface area contributed by atoms with E-state index in [0.29, 0.717) is 12.1 Å². The molecule has 21 heavy (non-hydrogen) atoms. The van der Waals surface area contributed by atoms with Gasteiger partial charge in [-0.3, -0.25) is 9.48 Å². The van der Waals surface area contributed by atoms with E-state index in [2.05, 4.69) is 12.0 Å². The molecule has 1 fully saturated rings. The number of aryl methyl sites for hydroxylation is 1. The van der Waals surface area contributed by atoms with Crippen LogP contribution in [0.25, 0.3) is 0 Å². The number of amides is 1. The van der Waals surface area contributed by atoms with Crippen molar-refractivity contribution in [1.82, 2.24) is 14.7 Å². The summed E-state index contributed by atoms with van der Waals surface area (Å²) in [5.41, 5.74) is 2.73. The highest BCUT2D eigenvalue weighted by Gasteiger charge is 2.30. The Bertz CT molecular complexity index is 516. The highest BCUT2D eigenvalue weighted by atomic mass is 16.3. The molecule has 1 amide bonds. The van der Waals surface area contributed by atoms with E-state index in [9.17, 15) is 9.90 Å². The Morgan fingerprint density at radius 2 is 2.00 bits per heavy atom. The van der Waals surface area contributed by atoms with Gasteiger partial charge in [0.15, 0.2) is 5.69 Å². The Labute approximate surface area is 125 Å². The Balaban J connectivity index is 1.90. The zero-order valence-electron chi connectivity index (χ0n) is 12.8. The number of hydrogen-bond acceptors (Lipinski definition) is 3. The molecule has 0 saturated carbocycles. The summed E-state index contributed by atoms with van der Waals surface area (Å²) in [6.45, 7) is 4.52. The average molecular weight is 291 g/mol. The summed E-state index contributed by atoms with van der Waals surface area (Å²) >= 11 is 0. The number of rotatable bonds is 2. The Morgan fingerprint density at radius 1 is 1.29 bits per heavy atom. The van der Waals surface area contributed by atoms with Crippen molar-refractivity contribution < 1.29 is 9.90 Å². The number of likely N-dealkylation sites (tertiary alicyclic amines) is 1. The molecular weight excluding hydrogens is 266 g/mol. The molecule has 1 unspecified atom stereocenters. The molecule has 5 heteroatoms. The van der Waals surface area contributed by atoms with Gasteiger partial charge in [-0.05, 0) is 32.6 Å². The van der Waals surface area contributed by atoms with Crippen molar-refractivity contribution in [1.29, 1.82) is 0 Å². The van der Waals surface area contributed by atoms with Gasteiger partial charge in [0, 0.05) is 37.3 Å². The largest absolute Gasteiger partial charge is 0.393 e. The predicted molar refractivity (Wildman–Crippen MR) is 80.3 cm³/mol. The maximum atomic E-state index is 12.8. The van der Waals surface area contributed by atoms with Gasteiger partial charge in [0.2, 0.25) is 0 Å². The summed E-state index contributed by atoms with van der Waals surface area (Å²) in [4.78, 5) is 14.8. The van der Waals surface area contributed by atoms with Crippen molar-refractivity contribution in [2.45, 2.75) is 64.5 Å². The summed E-state index contributed by atoms with van der Waals surface area (Å²) in [7, 11) is 0. The molecule has 1 N–H and O–H groups in total. The summed E-state index contributed by atoms with van der Waals surface area (Å²) in [6, 6.07) is 0. The monoisotopic (exact) mass is 291 g/mol. The van der Waals surface area contributed by atoms with Crippen LogP contribution >= 0.6 is 0 Å². The van der Waals surface area contributed by atoms with Gasteiger partial charge in [-0.25, -0.2) is 0 Å². The van der Waals surface area contributed by atoms with Gasteiger partial charge in [-0.15, -0.1) is 0 Å². The lowest BCUT2D eigenvalue weighted by Gasteiger charge is -2.22. The molecule has 2 aliphatic rings.